The maximum atomic E-state index is 12.8. The third kappa shape index (κ3) is 4.51. The predicted octanol–water partition coefficient (Wildman–Crippen LogP) is 3.83. The molecule has 1 heterocycles. The van der Waals surface area contributed by atoms with Gasteiger partial charge in [-0.2, -0.15) is 0 Å². The van der Waals surface area contributed by atoms with Gasteiger partial charge in [-0.1, -0.05) is 29.6 Å². The summed E-state index contributed by atoms with van der Waals surface area (Å²) in [6.45, 7) is 0.618. The molecule has 1 aromatic rings. The van der Waals surface area contributed by atoms with Crippen molar-refractivity contribution < 1.29 is 9.59 Å². The van der Waals surface area contributed by atoms with Crippen molar-refractivity contribution in [3.05, 3.63) is 28.2 Å². The summed E-state index contributed by atoms with van der Waals surface area (Å²) >= 11 is 12.0. The van der Waals surface area contributed by atoms with Crippen LogP contribution >= 0.6 is 23.2 Å². The molecule has 0 aromatic heterocycles. The highest BCUT2D eigenvalue weighted by molar-refractivity contribution is 6.36. The van der Waals surface area contributed by atoms with E-state index in [-0.39, 0.29) is 23.8 Å². The molecule has 1 aliphatic heterocycles. The number of amides is 2. The first-order chi connectivity index (χ1) is 12.5. The molecule has 5 nitrogen and oxygen atoms in total. The van der Waals surface area contributed by atoms with E-state index in [9.17, 15) is 9.59 Å². The van der Waals surface area contributed by atoms with Gasteiger partial charge in [0.15, 0.2) is 0 Å². The Bertz CT molecular complexity index is 683. The lowest BCUT2D eigenvalue weighted by atomic mass is 9.96. The molecule has 3 rings (SSSR count). The molecule has 3 atom stereocenters. The Morgan fingerprint density at radius 3 is 2.65 bits per heavy atom. The maximum absolute atomic E-state index is 12.8. The van der Waals surface area contributed by atoms with Crippen LogP contribution in [0.3, 0.4) is 0 Å². The van der Waals surface area contributed by atoms with Gasteiger partial charge in [-0.25, -0.2) is 0 Å². The third-order valence-corrected chi connectivity index (χ3v) is 6.02. The van der Waals surface area contributed by atoms with Gasteiger partial charge in [0.05, 0.1) is 10.7 Å². The molecule has 2 amide bonds. The molecule has 1 aliphatic carbocycles. The molecule has 3 N–H and O–H groups in total. The monoisotopic (exact) mass is 397 g/mol. The van der Waals surface area contributed by atoms with E-state index in [1.165, 1.54) is 0 Å². The molecule has 7 heteroatoms. The first-order valence-electron chi connectivity index (χ1n) is 9.26. The Kier molecular flexibility index (Phi) is 6.43. The molecule has 142 valence electrons. The number of nitrogens with one attached hydrogen (secondary N) is 1. The van der Waals surface area contributed by atoms with E-state index in [4.69, 9.17) is 28.9 Å². The number of carbonyl (C=O) groups excluding carboxylic acids is 2. The molecular weight excluding hydrogens is 373 g/mol. The Morgan fingerprint density at radius 1 is 1.15 bits per heavy atom. The third-order valence-electron chi connectivity index (χ3n) is 5.47. The van der Waals surface area contributed by atoms with Gasteiger partial charge < -0.3 is 16.0 Å². The number of nitrogens with two attached hydrogens (primary N) is 1. The van der Waals surface area contributed by atoms with Crippen LogP contribution in [0, 0.1) is 5.92 Å². The van der Waals surface area contributed by atoms with Crippen LogP contribution in [0.1, 0.15) is 44.9 Å². The topological polar surface area (TPSA) is 75.4 Å². The van der Waals surface area contributed by atoms with Crippen LogP contribution in [0.5, 0.6) is 0 Å². The first-order valence-corrected chi connectivity index (χ1v) is 10.0. The van der Waals surface area contributed by atoms with Gasteiger partial charge in [0.2, 0.25) is 11.8 Å². The highest BCUT2D eigenvalue weighted by Crippen LogP contribution is 2.30. The van der Waals surface area contributed by atoms with E-state index in [0.717, 1.165) is 32.1 Å². The van der Waals surface area contributed by atoms with E-state index in [1.807, 2.05) is 0 Å². The minimum absolute atomic E-state index is 0.0365. The molecule has 2 aliphatic rings. The molecule has 1 saturated heterocycles. The van der Waals surface area contributed by atoms with E-state index < -0.39 is 6.04 Å². The number of piperidine rings is 1. The number of benzene rings is 1. The second kappa shape index (κ2) is 8.59. The van der Waals surface area contributed by atoms with Crippen LogP contribution in [0.4, 0.5) is 5.69 Å². The van der Waals surface area contributed by atoms with Crippen molar-refractivity contribution in [3.63, 3.8) is 0 Å². The lowest BCUT2D eigenvalue weighted by Crippen LogP contribution is -2.50. The van der Waals surface area contributed by atoms with Crippen LogP contribution < -0.4 is 11.1 Å². The number of anilines is 1. The summed E-state index contributed by atoms with van der Waals surface area (Å²) in [6, 6.07) is 4.58. The van der Waals surface area contributed by atoms with Crippen LogP contribution in [-0.2, 0) is 9.59 Å². The zero-order chi connectivity index (χ0) is 18.7. The SMILES string of the molecule is N[C@@H]1CCC[C@H]1CC(=O)N1CCCCC1C(=O)Nc1ccc(Cl)cc1Cl. The van der Waals surface area contributed by atoms with Crippen molar-refractivity contribution in [2.45, 2.75) is 57.0 Å². The Labute approximate surface area is 164 Å². The molecule has 1 unspecified atom stereocenters. The zero-order valence-electron chi connectivity index (χ0n) is 14.7. The summed E-state index contributed by atoms with van der Waals surface area (Å²) in [6.07, 6.45) is 6.02. The number of nitrogens with zero attached hydrogens (tertiary/aromatic N) is 1. The van der Waals surface area contributed by atoms with Gasteiger partial charge in [-0.05, 0) is 56.2 Å². The number of hydrogen-bond donors (Lipinski definition) is 2. The predicted molar refractivity (Wildman–Crippen MR) is 104 cm³/mol. The highest BCUT2D eigenvalue weighted by atomic mass is 35.5. The standard InChI is InChI=1S/C19H25Cl2N3O2/c20-13-7-8-16(14(21)11-13)23-19(26)17-6-1-2-9-24(17)18(25)10-12-4-3-5-15(12)22/h7-8,11-12,15,17H,1-6,9-10,22H2,(H,23,26)/t12-,15+,17?/m0/s1. The quantitative estimate of drug-likeness (QED) is 0.810. The zero-order valence-corrected chi connectivity index (χ0v) is 16.2. The van der Waals surface area contributed by atoms with Gasteiger partial charge in [0.25, 0.3) is 0 Å². The van der Waals surface area contributed by atoms with Gasteiger partial charge in [0, 0.05) is 24.0 Å². The summed E-state index contributed by atoms with van der Waals surface area (Å²) in [7, 11) is 0. The van der Waals surface area contributed by atoms with Crippen molar-refractivity contribution in [1.29, 1.82) is 0 Å². The molecular formula is C19H25Cl2N3O2. The number of rotatable bonds is 4. The number of likely N-dealkylation sites (tertiary alicyclic amines) is 1. The second-order valence-corrected chi connectivity index (χ2v) is 8.11. The van der Waals surface area contributed by atoms with Crippen LogP contribution in [0.2, 0.25) is 10.0 Å². The van der Waals surface area contributed by atoms with Crippen molar-refractivity contribution >= 4 is 40.7 Å². The second-order valence-electron chi connectivity index (χ2n) is 7.27. The molecule has 0 radical (unpaired) electrons. The van der Waals surface area contributed by atoms with E-state index in [0.29, 0.717) is 35.1 Å². The minimum atomic E-state index is -0.458. The summed E-state index contributed by atoms with van der Waals surface area (Å²) in [5, 5.41) is 3.74. The average molecular weight is 398 g/mol. The van der Waals surface area contributed by atoms with Gasteiger partial charge in [-0.3, -0.25) is 9.59 Å². The molecule has 1 aromatic carbocycles. The van der Waals surface area contributed by atoms with Crippen molar-refractivity contribution in [2.75, 3.05) is 11.9 Å². The molecule has 26 heavy (non-hydrogen) atoms. The first kappa shape index (κ1) is 19.5. The summed E-state index contributed by atoms with van der Waals surface area (Å²) in [5.74, 6) is 0.0752. The van der Waals surface area contributed by atoms with Crippen molar-refractivity contribution in [2.24, 2.45) is 11.7 Å². The molecule has 1 saturated carbocycles. The fraction of sp³-hybridized carbons (Fsp3) is 0.579. The Hall–Kier alpha value is -1.30. The van der Waals surface area contributed by atoms with Gasteiger partial charge >= 0.3 is 0 Å². The van der Waals surface area contributed by atoms with E-state index in [2.05, 4.69) is 5.32 Å². The minimum Gasteiger partial charge on any atom is -0.331 e. The number of hydrogen-bond acceptors (Lipinski definition) is 3. The van der Waals surface area contributed by atoms with Gasteiger partial charge in [0.1, 0.15) is 6.04 Å². The fourth-order valence-corrected chi connectivity index (χ4v) is 4.43. The van der Waals surface area contributed by atoms with Crippen molar-refractivity contribution in [1.82, 2.24) is 4.90 Å². The highest BCUT2D eigenvalue weighted by Gasteiger charge is 2.35. The molecule has 0 spiro atoms. The summed E-state index contributed by atoms with van der Waals surface area (Å²) < 4.78 is 0. The van der Waals surface area contributed by atoms with Crippen LogP contribution in [-0.4, -0.2) is 35.3 Å². The average Bonchev–Trinajstić information content (AvgIpc) is 3.02. The van der Waals surface area contributed by atoms with Crippen LogP contribution in [0.25, 0.3) is 0 Å². The lowest BCUT2D eigenvalue weighted by molar-refractivity contribution is -0.141. The maximum Gasteiger partial charge on any atom is 0.247 e. The Morgan fingerprint density at radius 2 is 1.96 bits per heavy atom. The summed E-state index contributed by atoms with van der Waals surface area (Å²) in [4.78, 5) is 27.4. The van der Waals surface area contributed by atoms with Crippen LogP contribution in [0.15, 0.2) is 18.2 Å². The molecule has 0 bridgehead atoms. The number of halogens is 2. The molecule has 2 fully saturated rings. The van der Waals surface area contributed by atoms with Gasteiger partial charge in [-0.15, -0.1) is 0 Å². The fourth-order valence-electron chi connectivity index (χ4n) is 3.97. The normalized spacial score (nSPS) is 26.0. The van der Waals surface area contributed by atoms with E-state index >= 15 is 0 Å². The Balaban J connectivity index is 1.67. The largest absolute Gasteiger partial charge is 0.331 e. The number of carbonyl (C=O) groups is 2. The van der Waals surface area contributed by atoms with Crippen molar-refractivity contribution in [3.8, 4) is 0 Å². The van der Waals surface area contributed by atoms with E-state index in [1.54, 1.807) is 23.1 Å². The lowest BCUT2D eigenvalue weighted by Gasteiger charge is -2.35. The summed E-state index contributed by atoms with van der Waals surface area (Å²) in [5.41, 5.74) is 6.62. The smallest absolute Gasteiger partial charge is 0.247 e.